The smallest absolute Gasteiger partial charge is 0.142 e. The summed E-state index contributed by atoms with van der Waals surface area (Å²) in [6.07, 6.45) is 2.38. The third-order valence-electron chi connectivity index (χ3n) is 2.50. The van der Waals surface area contributed by atoms with Gasteiger partial charge in [0.2, 0.25) is 0 Å². The molecule has 1 aromatic heterocycles. The standard InChI is InChI=1S/C13H20ClNO/c1-4-5-10(2)9-16-13-7-6-11(3)15-12(13)8-14/h6-7,10H,4-5,8-9H2,1-3H3. The largest absolute Gasteiger partial charge is 0.491 e. The van der Waals surface area contributed by atoms with Gasteiger partial charge >= 0.3 is 0 Å². The van der Waals surface area contributed by atoms with Crippen molar-refractivity contribution in [3.05, 3.63) is 23.5 Å². The minimum absolute atomic E-state index is 0.402. The average molecular weight is 242 g/mol. The third kappa shape index (κ3) is 4.01. The Morgan fingerprint density at radius 2 is 2.19 bits per heavy atom. The summed E-state index contributed by atoms with van der Waals surface area (Å²) in [6.45, 7) is 7.08. The van der Waals surface area contributed by atoms with Crippen LogP contribution in [0.5, 0.6) is 5.75 Å². The van der Waals surface area contributed by atoms with E-state index in [4.69, 9.17) is 16.3 Å². The van der Waals surface area contributed by atoms with E-state index < -0.39 is 0 Å². The number of aryl methyl sites for hydroxylation is 1. The Balaban J connectivity index is 2.59. The van der Waals surface area contributed by atoms with Crippen LogP contribution in [0.2, 0.25) is 0 Å². The van der Waals surface area contributed by atoms with Crippen molar-refractivity contribution in [2.75, 3.05) is 6.61 Å². The second-order valence-corrected chi connectivity index (χ2v) is 4.50. The fourth-order valence-electron chi connectivity index (χ4n) is 1.63. The molecule has 0 aliphatic heterocycles. The van der Waals surface area contributed by atoms with Crippen LogP contribution in [-0.4, -0.2) is 11.6 Å². The van der Waals surface area contributed by atoms with Crippen LogP contribution in [0.15, 0.2) is 12.1 Å². The van der Waals surface area contributed by atoms with Gasteiger partial charge in [-0.1, -0.05) is 20.3 Å². The van der Waals surface area contributed by atoms with Crippen molar-refractivity contribution in [1.29, 1.82) is 0 Å². The third-order valence-corrected chi connectivity index (χ3v) is 2.76. The Morgan fingerprint density at radius 3 is 2.81 bits per heavy atom. The Kier molecular flexibility index (Phi) is 5.61. The highest BCUT2D eigenvalue weighted by Crippen LogP contribution is 2.20. The highest BCUT2D eigenvalue weighted by molar-refractivity contribution is 6.17. The second kappa shape index (κ2) is 6.74. The van der Waals surface area contributed by atoms with Gasteiger partial charge in [-0.2, -0.15) is 0 Å². The zero-order valence-corrected chi connectivity index (χ0v) is 11.0. The lowest BCUT2D eigenvalue weighted by Crippen LogP contribution is -2.09. The van der Waals surface area contributed by atoms with Gasteiger partial charge in [-0.25, -0.2) is 0 Å². The molecule has 1 unspecified atom stereocenters. The van der Waals surface area contributed by atoms with Crippen molar-refractivity contribution in [2.45, 2.75) is 39.5 Å². The second-order valence-electron chi connectivity index (χ2n) is 4.24. The summed E-state index contributed by atoms with van der Waals surface area (Å²) >= 11 is 5.84. The number of hydrogen-bond donors (Lipinski definition) is 0. The summed E-state index contributed by atoms with van der Waals surface area (Å²) in [6, 6.07) is 3.91. The van der Waals surface area contributed by atoms with Crippen LogP contribution in [0.1, 0.15) is 38.1 Å². The Hall–Kier alpha value is -0.760. The van der Waals surface area contributed by atoms with Crippen molar-refractivity contribution in [3.8, 4) is 5.75 Å². The minimum atomic E-state index is 0.402. The van der Waals surface area contributed by atoms with Crippen LogP contribution in [0.25, 0.3) is 0 Å². The summed E-state index contributed by atoms with van der Waals surface area (Å²) in [5.74, 6) is 1.80. The summed E-state index contributed by atoms with van der Waals surface area (Å²) in [7, 11) is 0. The van der Waals surface area contributed by atoms with Gasteiger partial charge in [-0.15, -0.1) is 11.6 Å². The first-order valence-electron chi connectivity index (χ1n) is 5.82. The van der Waals surface area contributed by atoms with E-state index in [1.807, 2.05) is 19.1 Å². The Labute approximate surface area is 103 Å². The van der Waals surface area contributed by atoms with E-state index in [0.717, 1.165) is 23.7 Å². The van der Waals surface area contributed by atoms with Gasteiger partial charge in [-0.3, -0.25) is 4.98 Å². The van der Waals surface area contributed by atoms with Crippen LogP contribution in [-0.2, 0) is 5.88 Å². The van der Waals surface area contributed by atoms with Gasteiger partial charge in [0.15, 0.2) is 0 Å². The molecule has 90 valence electrons. The van der Waals surface area contributed by atoms with Crippen LogP contribution in [0, 0.1) is 12.8 Å². The number of hydrogen-bond acceptors (Lipinski definition) is 2. The number of ether oxygens (including phenoxy) is 1. The maximum atomic E-state index is 5.84. The maximum absolute atomic E-state index is 5.84. The molecule has 0 fully saturated rings. The number of halogens is 1. The molecule has 0 N–H and O–H groups in total. The van der Waals surface area contributed by atoms with Gasteiger partial charge in [0.05, 0.1) is 18.2 Å². The van der Waals surface area contributed by atoms with Gasteiger partial charge in [0, 0.05) is 5.69 Å². The van der Waals surface area contributed by atoms with E-state index in [9.17, 15) is 0 Å². The van der Waals surface area contributed by atoms with Gasteiger partial charge in [0.1, 0.15) is 5.75 Å². The highest BCUT2D eigenvalue weighted by atomic mass is 35.5. The van der Waals surface area contributed by atoms with Gasteiger partial charge in [-0.05, 0) is 31.4 Å². The van der Waals surface area contributed by atoms with Crippen molar-refractivity contribution < 1.29 is 4.74 Å². The predicted molar refractivity (Wildman–Crippen MR) is 68.1 cm³/mol. The molecule has 3 heteroatoms. The fourth-order valence-corrected chi connectivity index (χ4v) is 1.82. The molecule has 2 nitrogen and oxygen atoms in total. The lowest BCUT2D eigenvalue weighted by molar-refractivity contribution is 0.249. The van der Waals surface area contributed by atoms with E-state index in [0.29, 0.717) is 11.8 Å². The topological polar surface area (TPSA) is 22.1 Å². The Bertz CT molecular complexity index is 328. The van der Waals surface area contributed by atoms with Crippen molar-refractivity contribution in [2.24, 2.45) is 5.92 Å². The molecule has 16 heavy (non-hydrogen) atoms. The molecule has 0 bridgehead atoms. The summed E-state index contributed by atoms with van der Waals surface area (Å²) < 4.78 is 5.75. The number of nitrogens with zero attached hydrogens (tertiary/aromatic N) is 1. The maximum Gasteiger partial charge on any atom is 0.142 e. The monoisotopic (exact) mass is 241 g/mol. The van der Waals surface area contributed by atoms with E-state index >= 15 is 0 Å². The molecule has 0 saturated heterocycles. The first-order chi connectivity index (χ1) is 7.67. The minimum Gasteiger partial charge on any atom is -0.491 e. The average Bonchev–Trinajstić information content (AvgIpc) is 2.27. The number of alkyl halides is 1. The fraction of sp³-hybridized carbons (Fsp3) is 0.615. The van der Waals surface area contributed by atoms with E-state index in [1.165, 1.54) is 12.8 Å². The number of pyridine rings is 1. The van der Waals surface area contributed by atoms with Crippen molar-refractivity contribution >= 4 is 11.6 Å². The normalized spacial score (nSPS) is 12.5. The molecule has 1 aromatic rings. The number of aromatic nitrogens is 1. The first-order valence-corrected chi connectivity index (χ1v) is 6.36. The van der Waals surface area contributed by atoms with Crippen LogP contribution < -0.4 is 4.74 Å². The lowest BCUT2D eigenvalue weighted by Gasteiger charge is -2.14. The van der Waals surface area contributed by atoms with Gasteiger partial charge in [0.25, 0.3) is 0 Å². The zero-order chi connectivity index (χ0) is 12.0. The zero-order valence-electron chi connectivity index (χ0n) is 10.3. The Morgan fingerprint density at radius 1 is 1.44 bits per heavy atom. The van der Waals surface area contributed by atoms with Crippen molar-refractivity contribution in [1.82, 2.24) is 4.98 Å². The molecule has 0 radical (unpaired) electrons. The SMILES string of the molecule is CCCC(C)COc1ccc(C)nc1CCl. The summed E-state index contributed by atoms with van der Waals surface area (Å²) in [5, 5.41) is 0. The lowest BCUT2D eigenvalue weighted by atomic mass is 10.1. The number of rotatable bonds is 6. The molecule has 1 heterocycles. The quantitative estimate of drug-likeness (QED) is 0.704. The highest BCUT2D eigenvalue weighted by Gasteiger charge is 2.07. The first kappa shape index (κ1) is 13.3. The molecule has 0 aliphatic rings. The van der Waals surface area contributed by atoms with Crippen LogP contribution in [0.3, 0.4) is 0 Å². The molecule has 0 amide bonds. The molecule has 0 aromatic carbocycles. The van der Waals surface area contributed by atoms with Crippen molar-refractivity contribution in [3.63, 3.8) is 0 Å². The molecule has 0 saturated carbocycles. The molecule has 1 atom stereocenters. The molecule has 0 spiro atoms. The van der Waals surface area contributed by atoms with Gasteiger partial charge < -0.3 is 4.74 Å². The van der Waals surface area contributed by atoms with E-state index in [1.54, 1.807) is 0 Å². The summed E-state index contributed by atoms with van der Waals surface area (Å²) in [4.78, 5) is 4.36. The summed E-state index contributed by atoms with van der Waals surface area (Å²) in [5.41, 5.74) is 1.81. The van der Waals surface area contributed by atoms with E-state index in [2.05, 4.69) is 18.8 Å². The van der Waals surface area contributed by atoms with E-state index in [-0.39, 0.29) is 0 Å². The molecule has 1 rings (SSSR count). The molecular formula is C13H20ClNO. The predicted octanol–water partition coefficient (Wildman–Crippen LogP) is 3.94. The molecule has 0 aliphatic carbocycles. The van der Waals surface area contributed by atoms with Crippen LogP contribution >= 0.6 is 11.6 Å². The molecular weight excluding hydrogens is 222 g/mol. The van der Waals surface area contributed by atoms with Crippen LogP contribution in [0.4, 0.5) is 0 Å².